The second-order valence-electron chi connectivity index (χ2n) is 5.46. The summed E-state index contributed by atoms with van der Waals surface area (Å²) >= 11 is 5.84. The number of halogens is 1. The van der Waals surface area contributed by atoms with Gasteiger partial charge >= 0.3 is 0 Å². The van der Waals surface area contributed by atoms with E-state index in [4.69, 9.17) is 11.6 Å². The Morgan fingerprint density at radius 1 is 1.16 bits per heavy atom. The number of benzene rings is 2. The van der Waals surface area contributed by atoms with E-state index in [9.17, 15) is 13.2 Å². The number of aryl methyl sites for hydroxylation is 1. The molecular weight excluding hydrogens is 360 g/mol. The Morgan fingerprint density at radius 3 is 2.56 bits per heavy atom. The molecular formula is C18H19ClN2O3S. The van der Waals surface area contributed by atoms with Gasteiger partial charge in [-0.3, -0.25) is 4.79 Å². The van der Waals surface area contributed by atoms with Crippen molar-refractivity contribution in [3.63, 3.8) is 0 Å². The number of hydrogen-bond donors (Lipinski definition) is 2. The van der Waals surface area contributed by atoms with E-state index in [0.29, 0.717) is 10.7 Å². The number of hydrogen-bond acceptors (Lipinski definition) is 3. The molecule has 0 saturated carbocycles. The van der Waals surface area contributed by atoms with Crippen molar-refractivity contribution in [3.8, 4) is 0 Å². The van der Waals surface area contributed by atoms with E-state index in [0.717, 1.165) is 16.5 Å². The van der Waals surface area contributed by atoms with Gasteiger partial charge in [0.25, 0.3) is 0 Å². The summed E-state index contributed by atoms with van der Waals surface area (Å²) in [5, 5.41) is 4.26. The predicted octanol–water partition coefficient (Wildman–Crippen LogP) is 3.57. The van der Waals surface area contributed by atoms with Crippen molar-refractivity contribution in [2.24, 2.45) is 0 Å². The summed E-state index contributed by atoms with van der Waals surface area (Å²) < 4.78 is 26.2. The van der Waals surface area contributed by atoms with Crippen molar-refractivity contribution in [2.45, 2.75) is 13.3 Å². The normalized spacial score (nSPS) is 11.6. The molecule has 0 aliphatic rings. The van der Waals surface area contributed by atoms with Crippen LogP contribution in [0.15, 0.2) is 53.9 Å². The van der Waals surface area contributed by atoms with Crippen LogP contribution >= 0.6 is 11.6 Å². The summed E-state index contributed by atoms with van der Waals surface area (Å²) in [6.07, 6.45) is 1.53. The molecule has 132 valence electrons. The van der Waals surface area contributed by atoms with Gasteiger partial charge < -0.3 is 5.32 Å². The van der Waals surface area contributed by atoms with Gasteiger partial charge in [-0.25, -0.2) is 13.1 Å². The molecule has 1 amide bonds. The van der Waals surface area contributed by atoms with E-state index in [1.807, 2.05) is 31.2 Å². The molecule has 0 aromatic heterocycles. The molecule has 2 rings (SSSR count). The van der Waals surface area contributed by atoms with Gasteiger partial charge in [-0.05, 0) is 36.8 Å². The quantitative estimate of drug-likeness (QED) is 0.773. The van der Waals surface area contributed by atoms with Gasteiger partial charge in [-0.2, -0.15) is 0 Å². The summed E-state index contributed by atoms with van der Waals surface area (Å²) in [4.78, 5) is 11.8. The topological polar surface area (TPSA) is 75.3 Å². The molecule has 0 unspecified atom stereocenters. The number of sulfonamides is 1. The molecule has 0 bridgehead atoms. The maximum Gasteiger partial charge on any atom is 0.233 e. The first-order valence-electron chi connectivity index (χ1n) is 7.64. The molecule has 0 saturated heterocycles. The molecule has 0 aliphatic carbocycles. The summed E-state index contributed by atoms with van der Waals surface area (Å²) in [5.74, 6) is -0.299. The zero-order chi connectivity index (χ0) is 18.3. The fourth-order valence-corrected chi connectivity index (χ4v) is 3.00. The van der Waals surface area contributed by atoms with Crippen molar-refractivity contribution in [1.82, 2.24) is 4.72 Å². The molecule has 7 heteroatoms. The number of carbonyl (C=O) groups excluding carboxylic acids is 1. The Bertz CT molecular complexity index is 862. The predicted molar refractivity (Wildman–Crippen MR) is 102 cm³/mol. The Morgan fingerprint density at radius 2 is 1.88 bits per heavy atom. The highest BCUT2D eigenvalue weighted by Crippen LogP contribution is 2.14. The Kier molecular flexibility index (Phi) is 6.75. The molecule has 5 nitrogen and oxygen atoms in total. The lowest BCUT2D eigenvalue weighted by Gasteiger charge is -2.06. The fraction of sp³-hybridized carbons (Fsp3) is 0.167. The van der Waals surface area contributed by atoms with Gasteiger partial charge in [0.1, 0.15) is 0 Å². The van der Waals surface area contributed by atoms with Crippen LogP contribution in [-0.2, 0) is 14.8 Å². The molecule has 2 aromatic carbocycles. The van der Waals surface area contributed by atoms with Crippen LogP contribution in [-0.4, -0.2) is 20.9 Å². The zero-order valence-corrected chi connectivity index (χ0v) is 15.3. The maximum atomic E-state index is 11.9. The molecule has 0 heterocycles. The van der Waals surface area contributed by atoms with Gasteiger partial charge in [0.15, 0.2) is 0 Å². The minimum Gasteiger partial charge on any atom is -0.326 e. The van der Waals surface area contributed by atoms with Crippen LogP contribution in [0.5, 0.6) is 0 Å². The fourth-order valence-electron chi connectivity index (χ4n) is 1.99. The summed E-state index contributed by atoms with van der Waals surface area (Å²) in [6, 6.07) is 14.2. The van der Waals surface area contributed by atoms with Gasteiger partial charge in [0.05, 0.1) is 0 Å². The molecule has 0 spiro atoms. The molecule has 0 fully saturated rings. The molecule has 0 aliphatic heterocycles. The zero-order valence-electron chi connectivity index (χ0n) is 13.7. The van der Waals surface area contributed by atoms with Crippen molar-refractivity contribution >= 4 is 39.3 Å². The Hall–Kier alpha value is -2.15. The van der Waals surface area contributed by atoms with E-state index in [2.05, 4.69) is 10.0 Å². The first kappa shape index (κ1) is 19.2. The second kappa shape index (κ2) is 8.80. The SMILES string of the molecule is Cc1ccc(/C=C/S(=O)(=O)NCCC(=O)Nc2cccc(Cl)c2)cc1. The number of rotatable bonds is 7. The van der Waals surface area contributed by atoms with E-state index >= 15 is 0 Å². The minimum atomic E-state index is -3.60. The Balaban J connectivity index is 1.81. The first-order valence-corrected chi connectivity index (χ1v) is 9.56. The van der Waals surface area contributed by atoms with Crippen LogP contribution in [0.4, 0.5) is 5.69 Å². The first-order chi connectivity index (χ1) is 11.8. The van der Waals surface area contributed by atoms with Crippen molar-refractivity contribution < 1.29 is 13.2 Å². The van der Waals surface area contributed by atoms with Gasteiger partial charge in [-0.15, -0.1) is 0 Å². The summed E-state index contributed by atoms with van der Waals surface area (Å²) in [6.45, 7) is 1.97. The van der Waals surface area contributed by atoms with Crippen molar-refractivity contribution in [3.05, 3.63) is 70.1 Å². The van der Waals surface area contributed by atoms with Gasteiger partial charge in [-0.1, -0.05) is 47.5 Å². The Labute approximate surface area is 152 Å². The lowest BCUT2D eigenvalue weighted by atomic mass is 10.2. The lowest BCUT2D eigenvalue weighted by Crippen LogP contribution is -2.26. The number of nitrogens with one attached hydrogen (secondary N) is 2. The molecule has 2 N–H and O–H groups in total. The third-order valence-corrected chi connectivity index (χ3v) is 4.62. The largest absolute Gasteiger partial charge is 0.326 e. The highest BCUT2D eigenvalue weighted by Gasteiger charge is 2.07. The van der Waals surface area contributed by atoms with Crippen LogP contribution in [0.1, 0.15) is 17.5 Å². The highest BCUT2D eigenvalue weighted by atomic mass is 35.5. The van der Waals surface area contributed by atoms with Gasteiger partial charge in [0, 0.05) is 29.1 Å². The highest BCUT2D eigenvalue weighted by molar-refractivity contribution is 7.92. The third kappa shape index (κ3) is 7.09. The molecule has 25 heavy (non-hydrogen) atoms. The van der Waals surface area contributed by atoms with Crippen LogP contribution in [0.3, 0.4) is 0 Å². The standard InChI is InChI=1S/C18H19ClN2O3S/c1-14-5-7-15(8-6-14)10-12-25(23,24)20-11-9-18(22)21-17-4-2-3-16(19)13-17/h2-8,10,12-13,20H,9,11H2,1H3,(H,21,22)/b12-10+. The molecule has 0 radical (unpaired) electrons. The van der Waals surface area contributed by atoms with Crippen LogP contribution in [0, 0.1) is 6.92 Å². The maximum absolute atomic E-state index is 11.9. The number of carbonyl (C=O) groups is 1. The van der Waals surface area contributed by atoms with E-state index in [-0.39, 0.29) is 18.9 Å². The average molecular weight is 379 g/mol. The monoisotopic (exact) mass is 378 g/mol. The van der Waals surface area contributed by atoms with Crippen LogP contribution in [0.2, 0.25) is 5.02 Å². The van der Waals surface area contributed by atoms with Crippen LogP contribution in [0.25, 0.3) is 6.08 Å². The summed E-state index contributed by atoms with van der Waals surface area (Å²) in [5.41, 5.74) is 2.46. The summed E-state index contributed by atoms with van der Waals surface area (Å²) in [7, 11) is -3.60. The van der Waals surface area contributed by atoms with Gasteiger partial charge in [0.2, 0.25) is 15.9 Å². The van der Waals surface area contributed by atoms with E-state index in [1.54, 1.807) is 24.3 Å². The lowest BCUT2D eigenvalue weighted by molar-refractivity contribution is -0.116. The molecule has 2 aromatic rings. The van der Waals surface area contributed by atoms with E-state index < -0.39 is 10.0 Å². The minimum absolute atomic E-state index is 0.00691. The average Bonchev–Trinajstić information content (AvgIpc) is 2.54. The van der Waals surface area contributed by atoms with Crippen molar-refractivity contribution in [2.75, 3.05) is 11.9 Å². The van der Waals surface area contributed by atoms with Crippen molar-refractivity contribution in [1.29, 1.82) is 0 Å². The third-order valence-electron chi connectivity index (χ3n) is 3.28. The van der Waals surface area contributed by atoms with E-state index in [1.165, 1.54) is 6.08 Å². The smallest absolute Gasteiger partial charge is 0.233 e. The van der Waals surface area contributed by atoms with Crippen LogP contribution < -0.4 is 10.0 Å². The number of anilines is 1. The number of amides is 1. The second-order valence-corrected chi connectivity index (χ2v) is 7.55. The molecule has 0 atom stereocenters.